The summed E-state index contributed by atoms with van der Waals surface area (Å²) in [5, 5.41) is 1.74. The van der Waals surface area contributed by atoms with E-state index < -0.39 is 28.7 Å². The summed E-state index contributed by atoms with van der Waals surface area (Å²) in [7, 11) is -3.73. The van der Waals surface area contributed by atoms with Crippen molar-refractivity contribution >= 4 is 15.9 Å². The Morgan fingerprint density at radius 2 is 1.76 bits per heavy atom. The van der Waals surface area contributed by atoms with Gasteiger partial charge in [0.1, 0.15) is 6.54 Å². The van der Waals surface area contributed by atoms with Crippen molar-refractivity contribution in [3.8, 4) is 0 Å². The third-order valence-corrected chi connectivity index (χ3v) is 5.80. The van der Waals surface area contributed by atoms with Crippen LogP contribution >= 0.6 is 0 Å². The van der Waals surface area contributed by atoms with Crippen LogP contribution in [0.25, 0.3) is 0 Å². The number of carbonyl (C=O) groups excluding carboxylic acids is 1. The molecule has 1 aliphatic carbocycles. The van der Waals surface area contributed by atoms with Crippen molar-refractivity contribution in [2.45, 2.75) is 49.7 Å². The van der Waals surface area contributed by atoms with Gasteiger partial charge in [-0.05, 0) is 43.0 Å². The van der Waals surface area contributed by atoms with Gasteiger partial charge in [0.05, 0.1) is 4.90 Å². The van der Waals surface area contributed by atoms with E-state index in [1.165, 1.54) is 24.3 Å². The Labute approximate surface area is 145 Å². The molecular formula is C16H21F3N2O3S. The molecular weight excluding hydrogens is 357 g/mol. The van der Waals surface area contributed by atoms with Gasteiger partial charge in [0.2, 0.25) is 10.0 Å². The minimum Gasteiger partial charge on any atom is -0.343 e. The van der Waals surface area contributed by atoms with Crippen molar-refractivity contribution in [1.29, 1.82) is 0 Å². The molecule has 1 fully saturated rings. The van der Waals surface area contributed by atoms with Gasteiger partial charge in [-0.3, -0.25) is 4.79 Å². The van der Waals surface area contributed by atoms with E-state index in [1.54, 1.807) is 5.32 Å². The highest BCUT2D eigenvalue weighted by Crippen LogP contribution is 2.25. The lowest BCUT2D eigenvalue weighted by Crippen LogP contribution is -2.41. The maximum atomic E-state index is 12.4. The zero-order chi connectivity index (χ0) is 18.7. The summed E-state index contributed by atoms with van der Waals surface area (Å²) in [5.74, 6) is -0.661. The van der Waals surface area contributed by atoms with Crippen LogP contribution in [0.3, 0.4) is 0 Å². The van der Waals surface area contributed by atoms with Crippen molar-refractivity contribution in [2.24, 2.45) is 5.92 Å². The number of amides is 1. The molecule has 0 bridgehead atoms. The van der Waals surface area contributed by atoms with Crippen LogP contribution in [0.1, 0.15) is 43.0 Å². The van der Waals surface area contributed by atoms with Gasteiger partial charge in [-0.2, -0.15) is 13.2 Å². The molecule has 2 rings (SSSR count). The van der Waals surface area contributed by atoms with E-state index in [9.17, 15) is 26.4 Å². The molecule has 0 unspecified atom stereocenters. The van der Waals surface area contributed by atoms with Crippen molar-refractivity contribution < 1.29 is 26.4 Å². The molecule has 2 atom stereocenters. The van der Waals surface area contributed by atoms with Gasteiger partial charge >= 0.3 is 6.18 Å². The molecule has 0 radical (unpaired) electrons. The number of benzene rings is 1. The average molecular weight is 378 g/mol. The SMILES string of the molecule is C[C@@H]1CCCC[C@@H]1NS(=O)(=O)c1ccc(C(=O)NCC(F)(F)F)cc1. The maximum absolute atomic E-state index is 12.4. The van der Waals surface area contributed by atoms with Gasteiger partial charge in [-0.1, -0.05) is 19.8 Å². The van der Waals surface area contributed by atoms with E-state index in [0.29, 0.717) is 0 Å². The topological polar surface area (TPSA) is 75.3 Å². The second-order valence-corrected chi connectivity index (χ2v) is 8.03. The molecule has 1 saturated carbocycles. The Morgan fingerprint density at radius 1 is 1.16 bits per heavy atom. The number of halogens is 3. The first-order chi connectivity index (χ1) is 11.6. The first-order valence-electron chi connectivity index (χ1n) is 8.06. The monoisotopic (exact) mass is 378 g/mol. The molecule has 1 amide bonds. The molecule has 0 heterocycles. The second kappa shape index (κ2) is 7.74. The van der Waals surface area contributed by atoms with Crippen molar-refractivity contribution in [1.82, 2.24) is 10.0 Å². The Kier molecular flexibility index (Phi) is 6.10. The molecule has 0 aliphatic heterocycles. The number of hydrogen-bond acceptors (Lipinski definition) is 3. The maximum Gasteiger partial charge on any atom is 0.405 e. The lowest BCUT2D eigenvalue weighted by molar-refractivity contribution is -0.123. The molecule has 0 spiro atoms. The van der Waals surface area contributed by atoms with E-state index >= 15 is 0 Å². The number of carbonyl (C=O) groups is 1. The largest absolute Gasteiger partial charge is 0.405 e. The van der Waals surface area contributed by atoms with Gasteiger partial charge in [-0.15, -0.1) is 0 Å². The van der Waals surface area contributed by atoms with E-state index in [1.807, 2.05) is 6.92 Å². The Bertz CT molecular complexity index is 702. The van der Waals surface area contributed by atoms with Crippen LogP contribution in [0.5, 0.6) is 0 Å². The van der Waals surface area contributed by atoms with Crippen LogP contribution < -0.4 is 10.0 Å². The first kappa shape index (κ1) is 19.7. The third-order valence-electron chi connectivity index (χ3n) is 4.29. The molecule has 1 aromatic rings. The first-order valence-corrected chi connectivity index (χ1v) is 9.54. The highest BCUT2D eigenvalue weighted by atomic mass is 32.2. The summed E-state index contributed by atoms with van der Waals surface area (Å²) >= 11 is 0. The number of alkyl halides is 3. The zero-order valence-corrected chi connectivity index (χ0v) is 14.6. The van der Waals surface area contributed by atoms with E-state index in [-0.39, 0.29) is 22.4 Å². The van der Waals surface area contributed by atoms with Crippen LogP contribution in [0.15, 0.2) is 29.2 Å². The molecule has 1 aromatic carbocycles. The smallest absolute Gasteiger partial charge is 0.343 e. The van der Waals surface area contributed by atoms with Gasteiger partial charge in [0.15, 0.2) is 0 Å². The lowest BCUT2D eigenvalue weighted by atomic mass is 9.87. The third kappa shape index (κ3) is 5.71. The van der Waals surface area contributed by atoms with Crippen LogP contribution in [-0.2, 0) is 10.0 Å². The standard InChI is InChI=1S/C16H21F3N2O3S/c1-11-4-2-3-5-14(11)21-25(23,24)13-8-6-12(7-9-13)15(22)20-10-16(17,18)19/h6-9,11,14,21H,2-5,10H2,1H3,(H,20,22)/t11-,14+/m1/s1. The number of nitrogens with one attached hydrogen (secondary N) is 2. The normalized spacial score (nSPS) is 21.8. The fourth-order valence-electron chi connectivity index (χ4n) is 2.83. The predicted octanol–water partition coefficient (Wildman–Crippen LogP) is 2.84. The summed E-state index contributed by atoms with van der Waals surface area (Å²) < 4.78 is 63.8. The Balaban J connectivity index is 2.04. The summed E-state index contributed by atoms with van der Waals surface area (Å²) in [5.41, 5.74) is -0.0331. The van der Waals surface area contributed by atoms with Gasteiger partial charge in [0, 0.05) is 11.6 Å². The summed E-state index contributed by atoms with van der Waals surface area (Å²) in [4.78, 5) is 11.6. The average Bonchev–Trinajstić information content (AvgIpc) is 2.54. The Hall–Kier alpha value is -1.61. The predicted molar refractivity (Wildman–Crippen MR) is 86.6 cm³/mol. The van der Waals surface area contributed by atoms with E-state index in [0.717, 1.165) is 25.7 Å². The molecule has 140 valence electrons. The second-order valence-electron chi connectivity index (χ2n) is 6.31. The summed E-state index contributed by atoms with van der Waals surface area (Å²) in [6.07, 6.45) is -0.708. The quantitative estimate of drug-likeness (QED) is 0.827. The fourth-order valence-corrected chi connectivity index (χ4v) is 4.21. The van der Waals surface area contributed by atoms with Crippen LogP contribution in [-0.4, -0.2) is 33.1 Å². The molecule has 0 aromatic heterocycles. The van der Waals surface area contributed by atoms with E-state index in [4.69, 9.17) is 0 Å². The van der Waals surface area contributed by atoms with Crippen LogP contribution in [0.2, 0.25) is 0 Å². The molecule has 0 saturated heterocycles. The van der Waals surface area contributed by atoms with Crippen molar-refractivity contribution in [3.05, 3.63) is 29.8 Å². The number of sulfonamides is 1. The zero-order valence-electron chi connectivity index (χ0n) is 13.8. The van der Waals surface area contributed by atoms with Crippen molar-refractivity contribution in [3.63, 3.8) is 0 Å². The molecule has 25 heavy (non-hydrogen) atoms. The van der Waals surface area contributed by atoms with Crippen molar-refractivity contribution in [2.75, 3.05) is 6.54 Å². The molecule has 2 N–H and O–H groups in total. The van der Waals surface area contributed by atoms with Gasteiger partial charge < -0.3 is 5.32 Å². The lowest BCUT2D eigenvalue weighted by Gasteiger charge is -2.29. The van der Waals surface area contributed by atoms with Crippen LogP contribution in [0, 0.1) is 5.92 Å². The summed E-state index contributed by atoms with van der Waals surface area (Å²) in [6.45, 7) is 0.563. The highest BCUT2D eigenvalue weighted by Gasteiger charge is 2.29. The highest BCUT2D eigenvalue weighted by molar-refractivity contribution is 7.89. The van der Waals surface area contributed by atoms with Gasteiger partial charge in [0.25, 0.3) is 5.91 Å². The fraction of sp³-hybridized carbons (Fsp3) is 0.562. The number of hydrogen-bond donors (Lipinski definition) is 2. The minimum atomic E-state index is -4.50. The van der Waals surface area contributed by atoms with Gasteiger partial charge in [-0.25, -0.2) is 13.1 Å². The molecule has 1 aliphatic rings. The number of rotatable bonds is 5. The Morgan fingerprint density at radius 3 is 2.32 bits per heavy atom. The molecule has 5 nitrogen and oxygen atoms in total. The van der Waals surface area contributed by atoms with Crippen LogP contribution in [0.4, 0.5) is 13.2 Å². The minimum absolute atomic E-state index is 0.0161. The molecule has 9 heteroatoms. The summed E-state index contributed by atoms with van der Waals surface area (Å²) in [6, 6.07) is 4.71. The van der Waals surface area contributed by atoms with E-state index in [2.05, 4.69) is 4.72 Å².